The van der Waals surface area contributed by atoms with Gasteiger partial charge in [0, 0.05) is 4.47 Å². The third kappa shape index (κ3) is 3.10. The minimum Gasteiger partial charge on any atom is -0.497 e. The summed E-state index contributed by atoms with van der Waals surface area (Å²) in [5.41, 5.74) is -0.00831. The fourth-order valence-corrected chi connectivity index (χ4v) is 2.13. The number of halogens is 4. The zero-order valence-electron chi connectivity index (χ0n) is 9.96. The first-order chi connectivity index (χ1) is 8.91. The molecule has 0 aliphatic heterocycles. The Bertz CT molecular complexity index is 576. The van der Waals surface area contributed by atoms with Crippen molar-refractivity contribution in [3.05, 3.63) is 52.5 Å². The molecule has 0 bridgehead atoms. The lowest BCUT2D eigenvalue weighted by Gasteiger charge is -2.13. The van der Waals surface area contributed by atoms with Crippen molar-refractivity contribution in [2.75, 3.05) is 7.11 Å². The first-order valence-electron chi connectivity index (χ1n) is 5.43. The molecule has 0 heterocycles. The summed E-state index contributed by atoms with van der Waals surface area (Å²) in [6.45, 7) is 0. The highest BCUT2D eigenvalue weighted by Gasteiger charge is 2.33. The van der Waals surface area contributed by atoms with E-state index >= 15 is 0 Å². The van der Waals surface area contributed by atoms with E-state index in [0.29, 0.717) is 15.8 Å². The summed E-state index contributed by atoms with van der Waals surface area (Å²) < 4.78 is 44.4. The Morgan fingerprint density at radius 3 is 2.16 bits per heavy atom. The summed E-state index contributed by atoms with van der Waals surface area (Å²) in [4.78, 5) is 0. The van der Waals surface area contributed by atoms with Crippen molar-refractivity contribution < 1.29 is 17.9 Å². The molecule has 100 valence electrons. The normalized spacial score (nSPS) is 11.4. The summed E-state index contributed by atoms with van der Waals surface area (Å²) in [5.74, 6) is 0.606. The van der Waals surface area contributed by atoms with Crippen LogP contribution in [0.5, 0.6) is 5.75 Å². The largest absolute Gasteiger partial charge is 0.497 e. The van der Waals surface area contributed by atoms with Gasteiger partial charge in [0.05, 0.1) is 12.7 Å². The predicted octanol–water partition coefficient (Wildman–Crippen LogP) is 5.14. The number of benzene rings is 2. The summed E-state index contributed by atoms with van der Waals surface area (Å²) >= 11 is 3.06. The number of hydrogen-bond donors (Lipinski definition) is 0. The second-order valence-corrected chi connectivity index (χ2v) is 4.83. The highest BCUT2D eigenvalue weighted by atomic mass is 79.9. The van der Waals surface area contributed by atoms with Crippen LogP contribution in [0.25, 0.3) is 11.1 Å². The van der Waals surface area contributed by atoms with E-state index in [1.54, 1.807) is 30.3 Å². The number of methoxy groups -OCH3 is 1. The van der Waals surface area contributed by atoms with Crippen LogP contribution in [0.4, 0.5) is 13.2 Å². The summed E-state index contributed by atoms with van der Waals surface area (Å²) in [6.07, 6.45) is -4.39. The van der Waals surface area contributed by atoms with Crippen LogP contribution in [-0.4, -0.2) is 7.11 Å². The van der Waals surface area contributed by atoms with Crippen LogP contribution in [0.3, 0.4) is 0 Å². The molecule has 0 aliphatic carbocycles. The second-order valence-electron chi connectivity index (χ2n) is 3.92. The fourth-order valence-electron chi connectivity index (χ4n) is 1.77. The van der Waals surface area contributed by atoms with Crippen molar-refractivity contribution in [3.63, 3.8) is 0 Å². The number of hydrogen-bond acceptors (Lipinski definition) is 1. The topological polar surface area (TPSA) is 9.23 Å². The predicted molar refractivity (Wildman–Crippen MR) is 71.1 cm³/mol. The lowest BCUT2D eigenvalue weighted by molar-refractivity contribution is -0.137. The number of alkyl halides is 3. The van der Waals surface area contributed by atoms with Gasteiger partial charge in [-0.1, -0.05) is 34.1 Å². The molecule has 0 saturated carbocycles. The average Bonchev–Trinajstić information content (AvgIpc) is 2.38. The van der Waals surface area contributed by atoms with E-state index in [4.69, 9.17) is 4.74 Å². The fraction of sp³-hybridized carbons (Fsp3) is 0.143. The van der Waals surface area contributed by atoms with Crippen molar-refractivity contribution >= 4 is 15.9 Å². The van der Waals surface area contributed by atoms with E-state index in [-0.39, 0.29) is 5.56 Å². The van der Waals surface area contributed by atoms with Gasteiger partial charge in [0.25, 0.3) is 0 Å². The molecule has 0 N–H and O–H groups in total. The first-order valence-corrected chi connectivity index (χ1v) is 6.22. The monoisotopic (exact) mass is 330 g/mol. The maximum absolute atomic E-state index is 13.0. The molecule has 0 amide bonds. The minimum atomic E-state index is -4.39. The van der Waals surface area contributed by atoms with Crippen LogP contribution in [-0.2, 0) is 6.18 Å². The quantitative estimate of drug-likeness (QED) is 0.740. The molecule has 19 heavy (non-hydrogen) atoms. The molecule has 0 aliphatic rings. The Labute approximate surface area is 117 Å². The first kappa shape index (κ1) is 13.9. The van der Waals surface area contributed by atoms with Crippen LogP contribution in [0, 0.1) is 0 Å². The standard InChI is InChI=1S/C14H10BrF3O/c1-19-11-5-2-9(3-6-11)12-7-4-10(15)8-13(12)14(16,17)18/h2-8H,1H3. The van der Waals surface area contributed by atoms with E-state index in [1.165, 1.54) is 13.2 Å². The van der Waals surface area contributed by atoms with Crippen LogP contribution < -0.4 is 4.74 Å². The molecule has 0 atom stereocenters. The molecule has 2 aromatic rings. The Kier molecular flexibility index (Phi) is 3.85. The van der Waals surface area contributed by atoms with Crippen molar-refractivity contribution in [2.45, 2.75) is 6.18 Å². The minimum absolute atomic E-state index is 0.151. The van der Waals surface area contributed by atoms with Crippen LogP contribution in [0.15, 0.2) is 46.9 Å². The maximum atomic E-state index is 13.0. The van der Waals surface area contributed by atoms with Gasteiger partial charge in [0.1, 0.15) is 5.75 Å². The molecule has 0 aromatic heterocycles. The lowest BCUT2D eigenvalue weighted by atomic mass is 9.99. The summed E-state index contributed by atoms with van der Waals surface area (Å²) in [6, 6.07) is 10.6. The van der Waals surface area contributed by atoms with Crippen molar-refractivity contribution in [2.24, 2.45) is 0 Å². The lowest BCUT2D eigenvalue weighted by Crippen LogP contribution is -2.07. The molecular formula is C14H10BrF3O. The van der Waals surface area contributed by atoms with Crippen LogP contribution >= 0.6 is 15.9 Å². The molecular weight excluding hydrogens is 321 g/mol. The molecule has 0 fully saturated rings. The van der Waals surface area contributed by atoms with Crippen molar-refractivity contribution in [3.8, 4) is 16.9 Å². The highest BCUT2D eigenvalue weighted by molar-refractivity contribution is 9.10. The highest BCUT2D eigenvalue weighted by Crippen LogP contribution is 2.38. The third-order valence-electron chi connectivity index (χ3n) is 2.69. The maximum Gasteiger partial charge on any atom is 0.417 e. The molecule has 1 nitrogen and oxygen atoms in total. The number of ether oxygens (including phenoxy) is 1. The van der Waals surface area contributed by atoms with Crippen LogP contribution in [0.2, 0.25) is 0 Å². The van der Waals surface area contributed by atoms with Gasteiger partial charge in [-0.05, 0) is 35.4 Å². The van der Waals surface area contributed by atoms with E-state index in [1.807, 2.05) is 0 Å². The van der Waals surface area contributed by atoms with E-state index in [2.05, 4.69) is 15.9 Å². The third-order valence-corrected chi connectivity index (χ3v) is 3.18. The molecule has 0 spiro atoms. The van der Waals surface area contributed by atoms with Gasteiger partial charge in [0.2, 0.25) is 0 Å². The average molecular weight is 331 g/mol. The smallest absolute Gasteiger partial charge is 0.417 e. The van der Waals surface area contributed by atoms with Gasteiger partial charge < -0.3 is 4.74 Å². The van der Waals surface area contributed by atoms with Gasteiger partial charge >= 0.3 is 6.18 Å². The van der Waals surface area contributed by atoms with Gasteiger partial charge in [-0.15, -0.1) is 0 Å². The Balaban J connectivity index is 2.54. The molecule has 2 aromatic carbocycles. The number of rotatable bonds is 2. The summed E-state index contributed by atoms with van der Waals surface area (Å²) in [7, 11) is 1.51. The zero-order chi connectivity index (χ0) is 14.0. The van der Waals surface area contributed by atoms with E-state index in [9.17, 15) is 13.2 Å². The molecule has 5 heteroatoms. The SMILES string of the molecule is COc1ccc(-c2ccc(Br)cc2C(F)(F)F)cc1. The van der Waals surface area contributed by atoms with E-state index in [0.717, 1.165) is 6.07 Å². The molecule has 0 unspecified atom stereocenters. The zero-order valence-corrected chi connectivity index (χ0v) is 11.5. The summed E-state index contributed by atoms with van der Waals surface area (Å²) in [5, 5.41) is 0. The van der Waals surface area contributed by atoms with Crippen molar-refractivity contribution in [1.82, 2.24) is 0 Å². The van der Waals surface area contributed by atoms with Crippen LogP contribution in [0.1, 0.15) is 5.56 Å². The Morgan fingerprint density at radius 2 is 1.63 bits per heavy atom. The van der Waals surface area contributed by atoms with Gasteiger partial charge in [0.15, 0.2) is 0 Å². The Hall–Kier alpha value is -1.49. The second kappa shape index (κ2) is 5.25. The van der Waals surface area contributed by atoms with Gasteiger partial charge in [-0.3, -0.25) is 0 Å². The van der Waals surface area contributed by atoms with E-state index < -0.39 is 11.7 Å². The molecule has 0 radical (unpaired) electrons. The van der Waals surface area contributed by atoms with Crippen molar-refractivity contribution in [1.29, 1.82) is 0 Å². The molecule has 0 saturated heterocycles. The molecule has 2 rings (SSSR count). The van der Waals surface area contributed by atoms with Gasteiger partial charge in [-0.2, -0.15) is 13.2 Å². The Morgan fingerprint density at radius 1 is 1.00 bits per heavy atom. The van der Waals surface area contributed by atoms with Gasteiger partial charge in [-0.25, -0.2) is 0 Å².